The first-order chi connectivity index (χ1) is 16.4. The van der Waals surface area contributed by atoms with Crippen LogP contribution in [0.4, 0.5) is 10.5 Å². The number of benzene rings is 2. The van der Waals surface area contributed by atoms with Crippen LogP contribution in [0.5, 0.6) is 0 Å². The van der Waals surface area contributed by atoms with Crippen molar-refractivity contribution in [3.8, 4) is 0 Å². The van der Waals surface area contributed by atoms with Crippen molar-refractivity contribution in [3.63, 3.8) is 0 Å². The molecule has 1 N–H and O–H groups in total. The number of fused-ring (bicyclic) bond motifs is 1. The molecule has 34 heavy (non-hydrogen) atoms. The van der Waals surface area contributed by atoms with E-state index in [4.69, 9.17) is 9.15 Å². The van der Waals surface area contributed by atoms with Gasteiger partial charge < -0.3 is 14.1 Å². The fourth-order valence-electron chi connectivity index (χ4n) is 4.11. The van der Waals surface area contributed by atoms with E-state index in [0.29, 0.717) is 37.3 Å². The second kappa shape index (κ2) is 10.5. The van der Waals surface area contributed by atoms with Crippen LogP contribution in [0.25, 0.3) is 11.0 Å². The second-order valence-corrected chi connectivity index (χ2v) is 8.47. The fourth-order valence-corrected chi connectivity index (χ4v) is 4.11. The van der Waals surface area contributed by atoms with Crippen molar-refractivity contribution in [2.24, 2.45) is 0 Å². The van der Waals surface area contributed by atoms with Crippen molar-refractivity contribution in [2.75, 3.05) is 38.1 Å². The zero-order chi connectivity index (χ0) is 24.1. The van der Waals surface area contributed by atoms with Crippen LogP contribution in [0, 0.1) is 6.92 Å². The highest BCUT2D eigenvalue weighted by Crippen LogP contribution is 2.23. The number of nitrogens with zero attached hydrogens (tertiary/aromatic N) is 2. The minimum Gasteiger partial charge on any atom is -0.450 e. The Kier molecular flexibility index (Phi) is 7.27. The molecular formula is C26H29N3O5. The van der Waals surface area contributed by atoms with Gasteiger partial charge in [0.05, 0.1) is 13.0 Å². The Bertz CT molecular complexity index is 1230. The van der Waals surface area contributed by atoms with E-state index in [0.717, 1.165) is 29.6 Å². The number of piperazine rings is 1. The van der Waals surface area contributed by atoms with Gasteiger partial charge in [0.1, 0.15) is 5.58 Å². The number of hydrogen-bond donors (Lipinski definition) is 1. The van der Waals surface area contributed by atoms with E-state index >= 15 is 0 Å². The molecule has 2 heterocycles. The minimum atomic E-state index is -0.560. The van der Waals surface area contributed by atoms with E-state index in [2.05, 4.69) is 10.2 Å². The largest absolute Gasteiger partial charge is 0.450 e. The Hall–Kier alpha value is -3.65. The molecule has 178 valence electrons. The van der Waals surface area contributed by atoms with Gasteiger partial charge in [0.2, 0.25) is 5.91 Å². The Labute approximate surface area is 198 Å². The number of amides is 2. The predicted octanol–water partition coefficient (Wildman–Crippen LogP) is 3.56. The third kappa shape index (κ3) is 5.82. The number of carbonyl (C=O) groups is 2. The van der Waals surface area contributed by atoms with Gasteiger partial charge in [-0.3, -0.25) is 15.0 Å². The van der Waals surface area contributed by atoms with Crippen molar-refractivity contribution in [1.82, 2.24) is 9.80 Å². The molecule has 0 atom stereocenters. The lowest BCUT2D eigenvalue weighted by Gasteiger charge is -2.35. The number of hydrogen-bond acceptors (Lipinski definition) is 6. The summed E-state index contributed by atoms with van der Waals surface area (Å²) in [6.45, 7) is 7.36. The van der Waals surface area contributed by atoms with Gasteiger partial charge in [-0.15, -0.1) is 0 Å². The number of aryl methyl sites for hydroxylation is 1. The van der Waals surface area contributed by atoms with E-state index in [1.54, 1.807) is 19.1 Å². The van der Waals surface area contributed by atoms with Gasteiger partial charge in [0.25, 0.3) is 0 Å². The average molecular weight is 464 g/mol. The summed E-state index contributed by atoms with van der Waals surface area (Å²) in [6, 6.07) is 14.8. The van der Waals surface area contributed by atoms with Crippen LogP contribution in [0.3, 0.4) is 0 Å². The van der Waals surface area contributed by atoms with Crippen LogP contribution in [-0.2, 0) is 22.5 Å². The van der Waals surface area contributed by atoms with E-state index < -0.39 is 11.7 Å². The first-order valence-electron chi connectivity index (χ1n) is 11.5. The van der Waals surface area contributed by atoms with Crippen LogP contribution in [0.1, 0.15) is 23.6 Å². The lowest BCUT2D eigenvalue weighted by molar-refractivity contribution is -0.132. The Morgan fingerprint density at radius 1 is 1.03 bits per heavy atom. The molecule has 8 heteroatoms. The number of ether oxygens (including phenoxy) is 1. The summed E-state index contributed by atoms with van der Waals surface area (Å²) in [7, 11) is 0. The normalized spacial score (nSPS) is 14.2. The molecular weight excluding hydrogens is 434 g/mol. The maximum absolute atomic E-state index is 12.7. The van der Waals surface area contributed by atoms with Crippen molar-refractivity contribution in [1.29, 1.82) is 0 Å². The number of carbonyl (C=O) groups excluding carboxylic acids is 2. The molecule has 2 amide bonds. The van der Waals surface area contributed by atoms with Crippen LogP contribution in [0.2, 0.25) is 0 Å². The molecule has 0 unspecified atom stereocenters. The molecule has 1 fully saturated rings. The molecule has 0 spiro atoms. The molecule has 1 aliphatic heterocycles. The molecule has 4 rings (SSSR count). The summed E-state index contributed by atoms with van der Waals surface area (Å²) < 4.78 is 10.3. The lowest BCUT2D eigenvalue weighted by Crippen LogP contribution is -2.48. The summed E-state index contributed by atoms with van der Waals surface area (Å²) in [5, 5.41) is 3.43. The third-order valence-corrected chi connectivity index (χ3v) is 5.95. The smallest absolute Gasteiger partial charge is 0.411 e. The Morgan fingerprint density at radius 3 is 2.47 bits per heavy atom. The molecule has 3 aromatic rings. The highest BCUT2D eigenvalue weighted by molar-refractivity contribution is 5.90. The van der Waals surface area contributed by atoms with Crippen LogP contribution in [-0.4, -0.2) is 54.6 Å². The standard InChI is InChI=1S/C26H29N3O5/c1-3-33-26(32)27-21-8-9-22-20(15-25(31)34-23(22)16-21)17-28-10-12-29(13-11-28)24(30)14-19-6-4-18(2)5-7-19/h4-9,15-16H,3,10-14,17H2,1-2H3,(H,27,32). The molecule has 0 aliphatic carbocycles. The van der Waals surface area contributed by atoms with E-state index in [-0.39, 0.29) is 12.5 Å². The Morgan fingerprint density at radius 2 is 1.76 bits per heavy atom. The minimum absolute atomic E-state index is 0.135. The van der Waals surface area contributed by atoms with Gasteiger partial charge >= 0.3 is 11.7 Å². The van der Waals surface area contributed by atoms with Crippen LogP contribution < -0.4 is 10.9 Å². The first-order valence-corrected chi connectivity index (χ1v) is 11.5. The molecule has 8 nitrogen and oxygen atoms in total. The second-order valence-electron chi connectivity index (χ2n) is 8.47. The average Bonchev–Trinajstić information content (AvgIpc) is 2.81. The van der Waals surface area contributed by atoms with Crippen LogP contribution in [0.15, 0.2) is 57.7 Å². The first kappa shape index (κ1) is 23.5. The quantitative estimate of drug-likeness (QED) is 0.562. The monoisotopic (exact) mass is 463 g/mol. The maximum atomic E-state index is 12.7. The van der Waals surface area contributed by atoms with Crippen LogP contribution >= 0.6 is 0 Å². The zero-order valence-electron chi connectivity index (χ0n) is 19.5. The highest BCUT2D eigenvalue weighted by Gasteiger charge is 2.22. The summed E-state index contributed by atoms with van der Waals surface area (Å²) in [4.78, 5) is 40.7. The number of anilines is 1. The topological polar surface area (TPSA) is 92.1 Å². The van der Waals surface area contributed by atoms with Crippen molar-refractivity contribution in [2.45, 2.75) is 26.8 Å². The van der Waals surface area contributed by atoms with Crippen molar-refractivity contribution < 1.29 is 18.7 Å². The summed E-state index contributed by atoms with van der Waals surface area (Å²) in [6.07, 6.45) is -0.151. The lowest BCUT2D eigenvalue weighted by atomic mass is 10.1. The van der Waals surface area contributed by atoms with E-state index in [9.17, 15) is 14.4 Å². The molecule has 1 aliphatic rings. The summed E-state index contributed by atoms with van der Waals surface area (Å²) in [5.41, 5.74) is 3.52. The van der Waals surface area contributed by atoms with Gasteiger partial charge in [0.15, 0.2) is 0 Å². The molecule has 1 aromatic heterocycles. The molecule has 0 radical (unpaired) electrons. The Balaban J connectivity index is 1.39. The molecule has 0 saturated carbocycles. The van der Waals surface area contributed by atoms with Crippen molar-refractivity contribution >= 4 is 28.7 Å². The summed E-state index contributed by atoms with van der Waals surface area (Å²) >= 11 is 0. The SMILES string of the molecule is CCOC(=O)Nc1ccc2c(CN3CCN(C(=O)Cc4ccc(C)cc4)CC3)cc(=O)oc2c1. The summed E-state index contributed by atoms with van der Waals surface area (Å²) in [5.74, 6) is 0.135. The zero-order valence-corrected chi connectivity index (χ0v) is 19.5. The van der Waals surface area contributed by atoms with Gasteiger partial charge in [-0.05, 0) is 37.1 Å². The van der Waals surface area contributed by atoms with Crippen molar-refractivity contribution in [3.05, 3.63) is 75.6 Å². The highest BCUT2D eigenvalue weighted by atomic mass is 16.5. The predicted molar refractivity (Wildman–Crippen MR) is 130 cm³/mol. The molecule has 0 bridgehead atoms. The molecule has 1 saturated heterocycles. The fraction of sp³-hybridized carbons (Fsp3) is 0.346. The van der Waals surface area contributed by atoms with Gasteiger partial charge in [-0.2, -0.15) is 0 Å². The number of nitrogens with one attached hydrogen (secondary N) is 1. The van der Waals surface area contributed by atoms with Gasteiger partial charge in [-0.1, -0.05) is 29.8 Å². The van der Waals surface area contributed by atoms with E-state index in [1.807, 2.05) is 42.2 Å². The van der Waals surface area contributed by atoms with E-state index in [1.165, 1.54) is 11.6 Å². The number of rotatable bonds is 6. The molecule has 2 aromatic carbocycles. The maximum Gasteiger partial charge on any atom is 0.411 e. The van der Waals surface area contributed by atoms with Gasteiger partial charge in [-0.25, -0.2) is 9.59 Å². The van der Waals surface area contributed by atoms with Gasteiger partial charge in [0, 0.05) is 55.9 Å². The third-order valence-electron chi connectivity index (χ3n) is 5.95.